The molecule has 0 aromatic heterocycles. The Bertz CT molecular complexity index is 1560. The molecule has 2 atom stereocenters. The molecule has 0 radical (unpaired) electrons. The number of aryl methyl sites for hydroxylation is 3. The fraction of sp³-hybridized carbons (Fsp3) is 0.286. The van der Waals surface area contributed by atoms with E-state index < -0.39 is 0 Å². The van der Waals surface area contributed by atoms with Gasteiger partial charge in [-0.2, -0.15) is 0 Å². The van der Waals surface area contributed by atoms with E-state index in [0.717, 1.165) is 44.1 Å². The van der Waals surface area contributed by atoms with Crippen molar-refractivity contribution in [3.63, 3.8) is 0 Å². The van der Waals surface area contributed by atoms with Crippen LogP contribution < -0.4 is 0 Å². The Morgan fingerprint density at radius 3 is 1.98 bits per heavy atom. The number of rotatable bonds is 10. The molecule has 1 fully saturated rings. The highest BCUT2D eigenvalue weighted by atomic mass is 14.4. The van der Waals surface area contributed by atoms with E-state index in [-0.39, 0.29) is 5.92 Å². The fourth-order valence-electron chi connectivity index (χ4n) is 6.82. The summed E-state index contributed by atoms with van der Waals surface area (Å²) < 4.78 is 0. The third kappa shape index (κ3) is 6.29. The molecule has 214 valence electrons. The van der Waals surface area contributed by atoms with Gasteiger partial charge < -0.3 is 0 Å². The van der Waals surface area contributed by atoms with Gasteiger partial charge in [0.2, 0.25) is 0 Å². The minimum atomic E-state index is 0.278. The molecule has 0 spiro atoms. The minimum absolute atomic E-state index is 0.278. The van der Waals surface area contributed by atoms with Gasteiger partial charge in [0.15, 0.2) is 0 Å². The summed E-state index contributed by atoms with van der Waals surface area (Å²) in [6.45, 7) is 22.1. The summed E-state index contributed by atoms with van der Waals surface area (Å²) in [6, 6.07) is 27.2. The summed E-state index contributed by atoms with van der Waals surface area (Å²) in [5.74, 6) is 0.576. The van der Waals surface area contributed by atoms with Gasteiger partial charge in [-0.15, -0.1) is 0 Å². The smallest absolute Gasteiger partial charge is 0.0201 e. The lowest BCUT2D eigenvalue weighted by molar-refractivity contribution is 0.619. The topological polar surface area (TPSA) is 0 Å². The van der Waals surface area contributed by atoms with E-state index in [1.807, 2.05) is 0 Å². The maximum atomic E-state index is 4.72. The van der Waals surface area contributed by atoms with Gasteiger partial charge in [-0.05, 0) is 102 Å². The molecule has 0 heterocycles. The summed E-state index contributed by atoms with van der Waals surface area (Å²) >= 11 is 0. The Kier molecular flexibility index (Phi) is 9.12. The molecule has 0 heteroatoms. The van der Waals surface area contributed by atoms with Gasteiger partial charge in [0, 0.05) is 11.8 Å². The van der Waals surface area contributed by atoms with Crippen LogP contribution in [-0.4, -0.2) is 0 Å². The first-order valence-corrected chi connectivity index (χ1v) is 15.7. The van der Waals surface area contributed by atoms with E-state index in [9.17, 15) is 0 Å². The van der Waals surface area contributed by atoms with Crippen LogP contribution in [0.25, 0.3) is 11.6 Å². The number of hydrogen-bond acceptors (Lipinski definition) is 0. The van der Waals surface area contributed by atoms with Crippen LogP contribution >= 0.6 is 0 Å². The van der Waals surface area contributed by atoms with Crippen LogP contribution in [0.3, 0.4) is 0 Å². The van der Waals surface area contributed by atoms with Crippen LogP contribution in [0.5, 0.6) is 0 Å². The summed E-state index contributed by atoms with van der Waals surface area (Å²) in [4.78, 5) is 0. The predicted octanol–water partition coefficient (Wildman–Crippen LogP) is 11.4. The van der Waals surface area contributed by atoms with Crippen molar-refractivity contribution < 1.29 is 0 Å². The second kappa shape index (κ2) is 13.0. The fourth-order valence-corrected chi connectivity index (χ4v) is 6.82. The Balaban J connectivity index is 1.36. The zero-order valence-electron chi connectivity index (χ0n) is 26.1. The highest BCUT2D eigenvalue weighted by Gasteiger charge is 2.40. The van der Waals surface area contributed by atoms with Gasteiger partial charge in [0.25, 0.3) is 0 Å². The third-order valence-electron chi connectivity index (χ3n) is 9.20. The molecule has 0 saturated heterocycles. The predicted molar refractivity (Wildman–Crippen MR) is 184 cm³/mol. The maximum absolute atomic E-state index is 4.72. The second-order valence-corrected chi connectivity index (χ2v) is 12.3. The van der Waals surface area contributed by atoms with Crippen molar-refractivity contribution in [2.45, 2.75) is 72.1 Å². The van der Waals surface area contributed by atoms with Crippen molar-refractivity contribution >= 4 is 11.6 Å². The summed E-state index contributed by atoms with van der Waals surface area (Å²) in [5.41, 5.74) is 17.3. The lowest BCUT2D eigenvalue weighted by Gasteiger charge is -2.34. The summed E-state index contributed by atoms with van der Waals surface area (Å²) in [7, 11) is 0. The van der Waals surface area contributed by atoms with Gasteiger partial charge in [0.05, 0.1) is 0 Å². The lowest BCUT2D eigenvalue weighted by atomic mass is 9.69. The molecule has 3 aromatic rings. The maximum Gasteiger partial charge on any atom is 0.0201 e. The number of allylic oxidation sites excluding steroid dienone is 8. The van der Waals surface area contributed by atoms with Gasteiger partial charge in [-0.1, -0.05) is 142 Å². The van der Waals surface area contributed by atoms with Crippen molar-refractivity contribution in [3.05, 3.63) is 165 Å². The van der Waals surface area contributed by atoms with Crippen LogP contribution in [-0.2, 0) is 19.3 Å². The average molecular weight is 551 g/mol. The van der Waals surface area contributed by atoms with E-state index in [1.165, 1.54) is 66.8 Å². The molecule has 2 aliphatic carbocycles. The molecule has 0 N–H and O–H groups in total. The van der Waals surface area contributed by atoms with E-state index in [1.54, 1.807) is 0 Å². The molecular weight excluding hydrogens is 504 g/mol. The number of fused-ring (bicyclic) bond motifs is 1. The first kappa shape index (κ1) is 29.6. The molecule has 2 unspecified atom stereocenters. The first-order valence-electron chi connectivity index (χ1n) is 15.7. The number of benzene rings is 3. The van der Waals surface area contributed by atoms with E-state index >= 15 is 0 Å². The third-order valence-corrected chi connectivity index (χ3v) is 9.20. The quantitative estimate of drug-likeness (QED) is 0.235. The van der Waals surface area contributed by atoms with E-state index in [4.69, 9.17) is 6.58 Å². The van der Waals surface area contributed by atoms with Crippen LogP contribution in [0.15, 0.2) is 132 Å². The Morgan fingerprint density at radius 2 is 1.40 bits per heavy atom. The van der Waals surface area contributed by atoms with E-state index in [2.05, 4.69) is 126 Å². The molecule has 0 nitrogen and oxygen atoms in total. The van der Waals surface area contributed by atoms with Crippen LogP contribution in [0.4, 0.5) is 0 Å². The van der Waals surface area contributed by atoms with Crippen LogP contribution in [0, 0.1) is 5.92 Å². The zero-order chi connectivity index (χ0) is 29.8. The second-order valence-electron chi connectivity index (χ2n) is 12.3. The number of hydrogen-bond donors (Lipinski definition) is 0. The summed E-state index contributed by atoms with van der Waals surface area (Å²) in [6.07, 6.45) is 11.1. The monoisotopic (exact) mass is 550 g/mol. The molecule has 0 aliphatic heterocycles. The Hall–Kier alpha value is -3.90. The highest BCUT2D eigenvalue weighted by molar-refractivity contribution is 5.67. The van der Waals surface area contributed by atoms with Crippen molar-refractivity contribution in [1.29, 1.82) is 0 Å². The largest absolute Gasteiger partial charge is 0.0955 e. The van der Waals surface area contributed by atoms with Crippen LogP contribution in [0.1, 0.15) is 86.3 Å². The molecule has 1 saturated carbocycles. The SMILES string of the molecule is C=C(CCC)C1=C(C)C=C2C/C(=C\c3ccc(CCc4ccc(C(=C)C)cc4)cc3)C(=C)C2C1c1ccc(CC)cc1. The zero-order valence-corrected chi connectivity index (χ0v) is 26.1. The standard InChI is InChI=1S/C42H46/c1-8-10-29(5)40-30(6)25-39-27-38(31(7)41(39)42(40)37-23-17-32(9-2)18-24-37)26-35-15-13-33(14-16-35)11-12-34-19-21-36(22-20-34)28(3)4/h13-26,41-42H,3,5,7-12,27H2,1-2,4,6H3/b38-26+. The minimum Gasteiger partial charge on any atom is -0.0955 e. The molecule has 0 bridgehead atoms. The van der Waals surface area contributed by atoms with Crippen molar-refractivity contribution in [2.75, 3.05) is 0 Å². The van der Waals surface area contributed by atoms with Crippen molar-refractivity contribution in [3.8, 4) is 0 Å². The molecule has 2 aliphatic rings. The average Bonchev–Trinajstić information content (AvgIpc) is 3.30. The normalized spacial score (nSPS) is 19.2. The molecule has 42 heavy (non-hydrogen) atoms. The van der Waals surface area contributed by atoms with E-state index in [0.29, 0.717) is 5.92 Å². The molecule has 0 amide bonds. The lowest BCUT2D eigenvalue weighted by Crippen LogP contribution is -2.21. The van der Waals surface area contributed by atoms with Gasteiger partial charge in [0.1, 0.15) is 0 Å². The van der Waals surface area contributed by atoms with Gasteiger partial charge >= 0.3 is 0 Å². The Morgan fingerprint density at radius 1 is 0.810 bits per heavy atom. The Labute approximate surface area is 254 Å². The summed E-state index contributed by atoms with van der Waals surface area (Å²) in [5, 5.41) is 0. The molecule has 5 rings (SSSR count). The van der Waals surface area contributed by atoms with Gasteiger partial charge in [-0.3, -0.25) is 0 Å². The first-order chi connectivity index (χ1) is 20.3. The van der Waals surface area contributed by atoms with Crippen molar-refractivity contribution in [1.82, 2.24) is 0 Å². The van der Waals surface area contributed by atoms with Gasteiger partial charge in [-0.25, -0.2) is 0 Å². The van der Waals surface area contributed by atoms with Crippen LogP contribution in [0.2, 0.25) is 0 Å². The molecular formula is C42H46. The molecule has 3 aromatic carbocycles. The highest BCUT2D eigenvalue weighted by Crippen LogP contribution is 2.55. The van der Waals surface area contributed by atoms with Crippen molar-refractivity contribution in [2.24, 2.45) is 5.92 Å².